The van der Waals surface area contributed by atoms with Gasteiger partial charge in [-0.3, -0.25) is 29.0 Å². The molecular formula is C28H33N7O4. The number of nitrogens with two attached hydrogens (primary N) is 1. The molecule has 2 aromatic rings. The summed E-state index contributed by atoms with van der Waals surface area (Å²) >= 11 is 0. The van der Waals surface area contributed by atoms with Gasteiger partial charge in [-0.05, 0) is 43.4 Å². The van der Waals surface area contributed by atoms with Crippen molar-refractivity contribution in [2.45, 2.75) is 38.1 Å². The number of hydrogen-bond acceptors (Lipinski definition) is 10. The maximum atomic E-state index is 13.2. The lowest BCUT2D eigenvalue weighted by atomic mass is 9.92. The Morgan fingerprint density at radius 2 is 1.51 bits per heavy atom. The number of rotatable bonds is 5. The number of amides is 2. The number of anilines is 3. The second-order valence-electron chi connectivity index (χ2n) is 11.0. The van der Waals surface area contributed by atoms with Gasteiger partial charge in [0.15, 0.2) is 5.78 Å². The van der Waals surface area contributed by atoms with Gasteiger partial charge in [-0.15, -0.1) is 0 Å². The van der Waals surface area contributed by atoms with Crippen LogP contribution in [0.3, 0.4) is 0 Å². The van der Waals surface area contributed by atoms with Gasteiger partial charge in [0.1, 0.15) is 5.78 Å². The summed E-state index contributed by atoms with van der Waals surface area (Å²) in [5, 5.41) is 0. The van der Waals surface area contributed by atoms with Gasteiger partial charge in [0, 0.05) is 57.9 Å². The number of hydrogen-bond donors (Lipinski definition) is 1. The smallest absolute Gasteiger partial charge is 0.262 e. The number of nitrogens with zero attached hydrogens (tertiary/aromatic N) is 6. The van der Waals surface area contributed by atoms with Crippen molar-refractivity contribution in [2.24, 2.45) is 5.92 Å². The van der Waals surface area contributed by atoms with Crippen LogP contribution in [0.5, 0.6) is 0 Å². The summed E-state index contributed by atoms with van der Waals surface area (Å²) in [7, 11) is 0. The zero-order valence-corrected chi connectivity index (χ0v) is 21.9. The minimum atomic E-state index is -0.840. The van der Waals surface area contributed by atoms with E-state index in [4.69, 9.17) is 5.73 Å². The van der Waals surface area contributed by atoms with E-state index in [0.717, 1.165) is 75.2 Å². The van der Waals surface area contributed by atoms with Gasteiger partial charge in [0.05, 0.1) is 41.7 Å². The van der Waals surface area contributed by atoms with E-state index in [2.05, 4.69) is 24.7 Å². The Labute approximate surface area is 226 Å². The highest BCUT2D eigenvalue weighted by molar-refractivity contribution is 6.24. The number of ketones is 2. The van der Waals surface area contributed by atoms with Crippen LogP contribution in [0.15, 0.2) is 30.6 Å². The third-order valence-electron chi connectivity index (χ3n) is 8.46. The number of nitrogen functional groups attached to an aromatic ring is 1. The highest BCUT2D eigenvalue weighted by atomic mass is 16.2. The van der Waals surface area contributed by atoms with Crippen LogP contribution < -0.4 is 15.5 Å². The molecule has 4 aliphatic rings. The third kappa shape index (κ3) is 4.98. The van der Waals surface area contributed by atoms with Crippen molar-refractivity contribution in [3.8, 4) is 0 Å². The summed E-state index contributed by atoms with van der Waals surface area (Å²) in [5.74, 6) is 0.0317. The third-order valence-corrected chi connectivity index (χ3v) is 8.46. The lowest BCUT2D eigenvalue weighted by molar-refractivity contribution is -0.132. The average molecular weight is 532 g/mol. The normalized spacial score (nSPS) is 23.1. The summed E-state index contributed by atoms with van der Waals surface area (Å²) < 4.78 is 0. The van der Waals surface area contributed by atoms with Gasteiger partial charge in [-0.2, -0.15) is 0 Å². The van der Waals surface area contributed by atoms with Crippen LogP contribution in [0, 0.1) is 5.92 Å². The molecule has 1 aromatic heterocycles. The Hall–Kier alpha value is -3.86. The molecule has 4 heterocycles. The first-order valence-corrected chi connectivity index (χ1v) is 13.7. The zero-order chi connectivity index (χ0) is 27.1. The van der Waals surface area contributed by atoms with Crippen LogP contribution in [-0.2, 0) is 9.59 Å². The molecule has 39 heavy (non-hydrogen) atoms. The molecule has 3 fully saturated rings. The molecule has 1 aliphatic carbocycles. The molecule has 2 saturated heterocycles. The second kappa shape index (κ2) is 10.4. The Morgan fingerprint density at radius 3 is 2.21 bits per heavy atom. The molecule has 6 rings (SSSR count). The summed E-state index contributed by atoms with van der Waals surface area (Å²) in [5.41, 5.74) is 7.88. The van der Waals surface area contributed by atoms with Crippen LogP contribution >= 0.6 is 0 Å². The van der Waals surface area contributed by atoms with Crippen LogP contribution in [-0.4, -0.2) is 95.0 Å². The number of carbonyl (C=O) groups is 4. The van der Waals surface area contributed by atoms with Crippen molar-refractivity contribution in [1.29, 1.82) is 0 Å². The molecule has 11 nitrogen and oxygen atoms in total. The van der Waals surface area contributed by atoms with E-state index in [1.54, 1.807) is 24.5 Å². The van der Waals surface area contributed by atoms with Gasteiger partial charge in [0.2, 0.25) is 5.95 Å². The van der Waals surface area contributed by atoms with Crippen LogP contribution in [0.25, 0.3) is 0 Å². The predicted octanol–water partition coefficient (Wildman–Crippen LogP) is 1.38. The lowest BCUT2D eigenvalue weighted by Gasteiger charge is -2.39. The van der Waals surface area contributed by atoms with Gasteiger partial charge in [0.25, 0.3) is 11.8 Å². The molecule has 1 aromatic carbocycles. The molecule has 0 spiro atoms. The summed E-state index contributed by atoms with van der Waals surface area (Å²) in [6, 6.07) is 4.55. The van der Waals surface area contributed by atoms with Gasteiger partial charge >= 0.3 is 0 Å². The van der Waals surface area contributed by atoms with Crippen molar-refractivity contribution < 1.29 is 19.2 Å². The largest absolute Gasteiger partial charge is 0.396 e. The van der Waals surface area contributed by atoms with Crippen molar-refractivity contribution >= 4 is 40.7 Å². The monoisotopic (exact) mass is 531 g/mol. The minimum Gasteiger partial charge on any atom is -0.396 e. The number of fused-ring (bicyclic) bond motifs is 1. The number of Topliss-reactive ketones (excluding diaryl/α,β-unsaturated/α-hetero) is 2. The Kier molecular flexibility index (Phi) is 6.76. The van der Waals surface area contributed by atoms with Crippen molar-refractivity contribution in [1.82, 2.24) is 19.8 Å². The van der Waals surface area contributed by atoms with Gasteiger partial charge < -0.3 is 15.5 Å². The molecule has 0 bridgehead atoms. The number of piperidine rings is 1. The minimum absolute atomic E-state index is 0.132. The number of aromatic nitrogens is 2. The first-order chi connectivity index (χ1) is 18.9. The fraction of sp³-hybridized carbons (Fsp3) is 0.500. The molecule has 1 atom stereocenters. The quantitative estimate of drug-likeness (QED) is 0.446. The molecule has 1 unspecified atom stereocenters. The SMILES string of the molecule is Nc1cnc(N2CCC(CN3CCN(c4ccc5c(c4)C(=O)N(C4CCC(=O)CC4=O)C5=O)CC3)CC2)nc1. The van der Waals surface area contributed by atoms with Crippen molar-refractivity contribution in [3.05, 3.63) is 41.7 Å². The van der Waals surface area contributed by atoms with E-state index in [-0.39, 0.29) is 30.8 Å². The summed E-state index contributed by atoms with van der Waals surface area (Å²) in [4.78, 5) is 67.0. The van der Waals surface area contributed by atoms with E-state index < -0.39 is 17.9 Å². The van der Waals surface area contributed by atoms with Crippen molar-refractivity contribution in [2.75, 3.05) is 61.3 Å². The number of carbonyl (C=O) groups excluding carboxylic acids is 4. The molecular weight excluding hydrogens is 498 g/mol. The highest BCUT2D eigenvalue weighted by Crippen LogP contribution is 2.32. The van der Waals surface area contributed by atoms with Crippen LogP contribution in [0.1, 0.15) is 52.8 Å². The first kappa shape index (κ1) is 25.4. The van der Waals surface area contributed by atoms with E-state index in [1.165, 1.54) is 0 Å². The fourth-order valence-corrected chi connectivity index (χ4v) is 6.22. The molecule has 3 aliphatic heterocycles. The van der Waals surface area contributed by atoms with Crippen LogP contribution in [0.4, 0.5) is 17.3 Å². The Bertz CT molecular complexity index is 1300. The fourth-order valence-electron chi connectivity index (χ4n) is 6.22. The standard InChI is InChI=1S/C28H33N7O4/c29-19-15-30-28(31-16-19)34-7-5-18(6-8-34)17-32-9-11-33(12-10-32)20-1-3-22-23(13-20)27(39)35(26(22)38)24-4-2-21(36)14-25(24)37/h1,3,13,15-16,18,24H,2,4-12,14,17,29H2. The van der Waals surface area contributed by atoms with E-state index in [9.17, 15) is 19.2 Å². The average Bonchev–Trinajstić information content (AvgIpc) is 3.19. The van der Waals surface area contributed by atoms with Gasteiger partial charge in [-0.25, -0.2) is 9.97 Å². The van der Waals surface area contributed by atoms with E-state index in [0.29, 0.717) is 22.7 Å². The maximum absolute atomic E-state index is 13.2. The molecule has 204 valence electrons. The van der Waals surface area contributed by atoms with Crippen LogP contribution in [0.2, 0.25) is 0 Å². The maximum Gasteiger partial charge on any atom is 0.262 e. The molecule has 11 heteroatoms. The molecule has 1 saturated carbocycles. The zero-order valence-electron chi connectivity index (χ0n) is 21.9. The lowest BCUT2D eigenvalue weighted by Crippen LogP contribution is -2.49. The number of piperazine rings is 1. The van der Waals surface area contributed by atoms with Crippen molar-refractivity contribution in [3.63, 3.8) is 0 Å². The predicted molar refractivity (Wildman–Crippen MR) is 145 cm³/mol. The number of benzene rings is 1. The summed E-state index contributed by atoms with van der Waals surface area (Å²) in [6.07, 6.45) is 5.73. The van der Waals surface area contributed by atoms with E-state index in [1.807, 2.05) is 6.07 Å². The molecule has 2 N–H and O–H groups in total. The Morgan fingerprint density at radius 1 is 0.821 bits per heavy atom. The number of imide groups is 1. The first-order valence-electron chi connectivity index (χ1n) is 13.7. The highest BCUT2D eigenvalue weighted by Gasteiger charge is 2.44. The second-order valence-corrected chi connectivity index (χ2v) is 11.0. The van der Waals surface area contributed by atoms with Gasteiger partial charge in [-0.1, -0.05) is 0 Å². The summed E-state index contributed by atoms with van der Waals surface area (Å²) in [6.45, 7) is 6.49. The van der Waals surface area contributed by atoms with E-state index >= 15 is 0 Å². The molecule has 2 amide bonds. The topological polar surface area (TPSA) is 133 Å². The molecule has 0 radical (unpaired) electrons. The Balaban J connectivity index is 1.03.